The molecule has 0 aromatic heterocycles. The summed E-state index contributed by atoms with van der Waals surface area (Å²) in [5.74, 6) is -0.630. The lowest BCUT2D eigenvalue weighted by molar-refractivity contribution is -0.118. The van der Waals surface area contributed by atoms with Crippen molar-refractivity contribution in [3.05, 3.63) is 90.0 Å². The van der Waals surface area contributed by atoms with Crippen molar-refractivity contribution in [1.82, 2.24) is 0 Å². The summed E-state index contributed by atoms with van der Waals surface area (Å²) < 4.78 is 5.52. The third-order valence-corrected chi connectivity index (χ3v) is 4.18. The van der Waals surface area contributed by atoms with E-state index in [0.29, 0.717) is 11.4 Å². The second kappa shape index (κ2) is 9.88. The van der Waals surface area contributed by atoms with Crippen molar-refractivity contribution in [3.63, 3.8) is 0 Å². The fourth-order valence-corrected chi connectivity index (χ4v) is 2.56. The van der Waals surface area contributed by atoms with Crippen LogP contribution in [-0.4, -0.2) is 29.3 Å². The first kappa shape index (κ1) is 20.6. The molecule has 0 heterocycles. The third-order valence-electron chi connectivity index (χ3n) is 4.18. The lowest BCUT2D eigenvalue weighted by Gasteiger charge is -2.08. The molecule has 0 aliphatic carbocycles. The second-order valence-electron chi connectivity index (χ2n) is 6.42. The van der Waals surface area contributed by atoms with E-state index in [2.05, 4.69) is 15.8 Å². The summed E-state index contributed by atoms with van der Waals surface area (Å²) in [6, 6.07) is 22.7. The van der Waals surface area contributed by atoms with Crippen molar-refractivity contribution in [3.8, 4) is 5.75 Å². The van der Waals surface area contributed by atoms with E-state index in [1.807, 2.05) is 49.4 Å². The molecule has 3 rings (SSSR count). The predicted octanol–water partition coefficient (Wildman–Crippen LogP) is 4.24. The molecule has 152 valence electrons. The predicted molar refractivity (Wildman–Crippen MR) is 116 cm³/mol. The molecule has 0 aliphatic rings. The van der Waals surface area contributed by atoms with Crippen LogP contribution >= 0.6 is 0 Å². The van der Waals surface area contributed by atoms with E-state index >= 15 is 0 Å². The lowest BCUT2D eigenvalue weighted by Crippen LogP contribution is -2.20. The van der Waals surface area contributed by atoms with Crippen LogP contribution in [0.4, 0.5) is 11.4 Å². The number of benzene rings is 3. The number of para-hydroxylation sites is 1. The van der Waals surface area contributed by atoms with Crippen molar-refractivity contribution in [2.45, 2.75) is 6.92 Å². The van der Waals surface area contributed by atoms with E-state index in [1.165, 1.54) is 12.1 Å². The van der Waals surface area contributed by atoms with Crippen LogP contribution in [0.25, 0.3) is 0 Å². The Balaban J connectivity index is 1.52. The number of hydrogen-bond donors (Lipinski definition) is 3. The van der Waals surface area contributed by atoms with E-state index in [0.717, 1.165) is 17.0 Å². The highest BCUT2D eigenvalue weighted by Crippen LogP contribution is 2.14. The first-order valence-electron chi connectivity index (χ1n) is 9.23. The number of nitrogens with one attached hydrogen (secondary N) is 2. The normalized spacial score (nSPS) is 10.9. The van der Waals surface area contributed by atoms with Gasteiger partial charge in [-0.15, -0.1) is 0 Å². The number of carbonyl (C=O) groups excluding carboxylic acids is 1. The molecular weight excluding hydrogens is 382 g/mol. The van der Waals surface area contributed by atoms with Gasteiger partial charge in [0.05, 0.1) is 17.0 Å². The highest BCUT2D eigenvalue weighted by molar-refractivity contribution is 5.99. The van der Waals surface area contributed by atoms with Gasteiger partial charge in [0.25, 0.3) is 5.91 Å². The van der Waals surface area contributed by atoms with E-state index in [-0.39, 0.29) is 18.1 Å². The maximum atomic E-state index is 11.9. The molecule has 0 spiro atoms. The van der Waals surface area contributed by atoms with Gasteiger partial charge in [0.2, 0.25) is 0 Å². The molecule has 0 atom stereocenters. The van der Waals surface area contributed by atoms with Crippen LogP contribution in [0.1, 0.15) is 22.8 Å². The van der Waals surface area contributed by atoms with Gasteiger partial charge in [0.15, 0.2) is 6.61 Å². The number of amides is 1. The maximum Gasteiger partial charge on any atom is 0.335 e. The van der Waals surface area contributed by atoms with Crippen molar-refractivity contribution in [2.75, 3.05) is 17.3 Å². The van der Waals surface area contributed by atoms with Gasteiger partial charge in [-0.25, -0.2) is 4.79 Å². The summed E-state index contributed by atoms with van der Waals surface area (Å²) >= 11 is 0. The number of hydrogen-bond acceptors (Lipinski definition) is 5. The number of carbonyl (C=O) groups is 2. The van der Waals surface area contributed by atoms with E-state index in [4.69, 9.17) is 9.84 Å². The number of anilines is 2. The van der Waals surface area contributed by atoms with Crippen molar-refractivity contribution >= 4 is 29.0 Å². The zero-order chi connectivity index (χ0) is 21.3. The smallest absolute Gasteiger partial charge is 0.335 e. The Bertz CT molecular complexity index is 1030. The number of rotatable bonds is 8. The number of nitrogens with zero attached hydrogens (tertiary/aromatic N) is 1. The van der Waals surface area contributed by atoms with Crippen LogP contribution < -0.4 is 15.5 Å². The standard InChI is InChI=1S/C23H21N3O4/c1-16(25-26-20-11-7-18(8-12-20)23(28)29)17-9-13-21(14-10-17)30-15-22(27)24-19-5-3-2-4-6-19/h2-14,26H,15H2,1H3,(H,24,27)(H,28,29)/b25-16-. The van der Waals surface area contributed by atoms with Gasteiger partial charge >= 0.3 is 5.97 Å². The van der Waals surface area contributed by atoms with E-state index in [1.54, 1.807) is 24.3 Å². The molecule has 30 heavy (non-hydrogen) atoms. The molecule has 7 heteroatoms. The quantitative estimate of drug-likeness (QED) is 0.386. The van der Waals surface area contributed by atoms with Crippen LogP contribution in [0.5, 0.6) is 5.75 Å². The molecule has 3 N–H and O–H groups in total. The molecule has 3 aromatic rings. The number of carboxylic acids is 1. The minimum atomic E-state index is -0.971. The van der Waals surface area contributed by atoms with Crippen molar-refractivity contribution in [1.29, 1.82) is 0 Å². The summed E-state index contributed by atoms with van der Waals surface area (Å²) in [5.41, 5.74) is 6.14. The fourth-order valence-electron chi connectivity index (χ4n) is 2.56. The molecule has 0 unspecified atom stereocenters. The van der Waals surface area contributed by atoms with Crippen LogP contribution in [0.3, 0.4) is 0 Å². The number of aromatic carboxylic acids is 1. The monoisotopic (exact) mass is 403 g/mol. The van der Waals surface area contributed by atoms with Gasteiger partial charge in [0, 0.05) is 5.69 Å². The first-order valence-corrected chi connectivity index (χ1v) is 9.23. The average Bonchev–Trinajstić information content (AvgIpc) is 2.77. The highest BCUT2D eigenvalue weighted by atomic mass is 16.5. The number of hydrazone groups is 1. The fraction of sp³-hybridized carbons (Fsp3) is 0.0870. The SMILES string of the molecule is C/C(=N/Nc1ccc(C(=O)O)cc1)c1ccc(OCC(=O)Nc2ccccc2)cc1. The molecular formula is C23H21N3O4. The Morgan fingerprint density at radius 3 is 2.13 bits per heavy atom. The van der Waals surface area contributed by atoms with Gasteiger partial charge in [-0.05, 0) is 73.2 Å². The second-order valence-corrected chi connectivity index (χ2v) is 6.42. The molecule has 0 radical (unpaired) electrons. The van der Waals surface area contributed by atoms with E-state index < -0.39 is 5.97 Å². The minimum absolute atomic E-state index is 0.0881. The van der Waals surface area contributed by atoms with Gasteiger partial charge in [-0.2, -0.15) is 5.10 Å². The lowest BCUT2D eigenvalue weighted by atomic mass is 10.1. The molecule has 0 fully saturated rings. The van der Waals surface area contributed by atoms with Crippen LogP contribution in [0.2, 0.25) is 0 Å². The van der Waals surface area contributed by atoms with Gasteiger partial charge in [0.1, 0.15) is 5.75 Å². The Labute approximate surface area is 174 Å². The zero-order valence-corrected chi connectivity index (χ0v) is 16.3. The molecule has 1 amide bonds. The highest BCUT2D eigenvalue weighted by Gasteiger charge is 2.05. The topological polar surface area (TPSA) is 100 Å². The van der Waals surface area contributed by atoms with Gasteiger partial charge < -0.3 is 15.2 Å². The Morgan fingerprint density at radius 1 is 0.867 bits per heavy atom. The summed E-state index contributed by atoms with van der Waals surface area (Å²) in [6.07, 6.45) is 0. The zero-order valence-electron chi connectivity index (χ0n) is 16.3. The molecule has 0 saturated carbocycles. The maximum absolute atomic E-state index is 11.9. The van der Waals surface area contributed by atoms with E-state index in [9.17, 15) is 9.59 Å². The third kappa shape index (κ3) is 5.93. The van der Waals surface area contributed by atoms with Gasteiger partial charge in [-0.3, -0.25) is 10.2 Å². The Hall–Kier alpha value is -4.13. The molecule has 7 nitrogen and oxygen atoms in total. The summed E-state index contributed by atoms with van der Waals surface area (Å²) in [5, 5.41) is 16.0. The molecule has 0 saturated heterocycles. The Kier molecular flexibility index (Phi) is 6.78. The first-order chi connectivity index (χ1) is 14.5. The number of ether oxygens (including phenoxy) is 1. The van der Waals surface area contributed by atoms with Crippen LogP contribution in [0.15, 0.2) is 84.0 Å². The summed E-state index contributed by atoms with van der Waals surface area (Å²) in [7, 11) is 0. The van der Waals surface area contributed by atoms with Crippen molar-refractivity contribution < 1.29 is 19.4 Å². The number of carboxylic acid groups (broad SMARTS) is 1. The average molecular weight is 403 g/mol. The van der Waals surface area contributed by atoms with Crippen molar-refractivity contribution in [2.24, 2.45) is 5.10 Å². The molecule has 0 aliphatic heterocycles. The summed E-state index contributed by atoms with van der Waals surface area (Å²) in [6.45, 7) is 1.76. The van der Waals surface area contributed by atoms with Gasteiger partial charge in [-0.1, -0.05) is 18.2 Å². The summed E-state index contributed by atoms with van der Waals surface area (Å²) in [4.78, 5) is 22.8. The minimum Gasteiger partial charge on any atom is -0.484 e. The molecule has 3 aromatic carbocycles. The Morgan fingerprint density at radius 2 is 1.50 bits per heavy atom. The van der Waals surface area contributed by atoms with Crippen LogP contribution in [0, 0.1) is 0 Å². The molecule has 0 bridgehead atoms. The van der Waals surface area contributed by atoms with Crippen LogP contribution in [-0.2, 0) is 4.79 Å². The largest absolute Gasteiger partial charge is 0.484 e.